The van der Waals surface area contributed by atoms with Gasteiger partial charge in [0.25, 0.3) is 5.91 Å². The summed E-state index contributed by atoms with van der Waals surface area (Å²) in [6, 6.07) is 21.1. The minimum atomic E-state index is -1.23. The molecule has 1 amide bonds. The van der Waals surface area contributed by atoms with Crippen molar-refractivity contribution in [2.75, 3.05) is 0 Å². The van der Waals surface area contributed by atoms with Gasteiger partial charge in [-0.3, -0.25) is 4.79 Å². The smallest absolute Gasteiger partial charge is 0.352 e. The molecule has 1 aliphatic rings. The molecule has 174 valence electrons. The molecular formula is C27H24BrNO5. The van der Waals surface area contributed by atoms with Gasteiger partial charge in [0.1, 0.15) is 22.9 Å². The van der Waals surface area contributed by atoms with Crippen molar-refractivity contribution in [3.8, 4) is 17.2 Å². The molecule has 0 aliphatic heterocycles. The van der Waals surface area contributed by atoms with Gasteiger partial charge >= 0.3 is 5.97 Å². The Morgan fingerprint density at radius 1 is 0.912 bits per heavy atom. The number of amides is 1. The molecule has 3 aromatic rings. The Morgan fingerprint density at radius 2 is 1.56 bits per heavy atom. The molecule has 0 saturated heterocycles. The Morgan fingerprint density at radius 3 is 2.21 bits per heavy atom. The van der Waals surface area contributed by atoms with Crippen LogP contribution in [0.3, 0.4) is 0 Å². The van der Waals surface area contributed by atoms with E-state index in [1.54, 1.807) is 48.5 Å². The maximum Gasteiger partial charge on any atom is 0.352 e. The molecule has 0 heterocycles. The van der Waals surface area contributed by atoms with E-state index in [-0.39, 0.29) is 11.8 Å². The molecule has 34 heavy (non-hydrogen) atoms. The number of halogens is 1. The predicted octanol–water partition coefficient (Wildman–Crippen LogP) is 6.42. The van der Waals surface area contributed by atoms with E-state index in [1.807, 2.05) is 24.3 Å². The van der Waals surface area contributed by atoms with Crippen LogP contribution in [-0.4, -0.2) is 23.1 Å². The molecule has 1 fully saturated rings. The first-order chi connectivity index (χ1) is 16.5. The highest BCUT2D eigenvalue weighted by Gasteiger charge is 2.17. The number of carbonyl (C=O) groups is 2. The Labute approximate surface area is 206 Å². The second kappa shape index (κ2) is 11.0. The molecule has 0 radical (unpaired) electrons. The van der Waals surface area contributed by atoms with Gasteiger partial charge in [-0.2, -0.15) is 0 Å². The van der Waals surface area contributed by atoms with Crippen molar-refractivity contribution in [2.45, 2.75) is 31.8 Å². The van der Waals surface area contributed by atoms with Crippen LogP contribution in [0.2, 0.25) is 0 Å². The molecule has 1 saturated carbocycles. The van der Waals surface area contributed by atoms with Crippen LogP contribution < -0.4 is 14.8 Å². The lowest BCUT2D eigenvalue weighted by atomic mass is 10.1. The number of carbonyl (C=O) groups excluding carboxylic acids is 1. The van der Waals surface area contributed by atoms with Gasteiger partial charge in [0.05, 0.1) is 10.6 Å². The normalized spacial score (nSPS) is 14.0. The predicted molar refractivity (Wildman–Crippen MR) is 133 cm³/mol. The fourth-order valence-electron chi connectivity index (χ4n) is 3.68. The summed E-state index contributed by atoms with van der Waals surface area (Å²) in [6.07, 6.45) is 6.08. The van der Waals surface area contributed by atoms with E-state index in [1.165, 1.54) is 18.9 Å². The van der Waals surface area contributed by atoms with E-state index in [2.05, 4.69) is 21.2 Å². The largest absolute Gasteiger partial charge is 0.490 e. The number of rotatable bonds is 8. The van der Waals surface area contributed by atoms with Crippen molar-refractivity contribution in [2.24, 2.45) is 0 Å². The van der Waals surface area contributed by atoms with Crippen molar-refractivity contribution in [1.82, 2.24) is 5.32 Å². The van der Waals surface area contributed by atoms with Gasteiger partial charge in [-0.15, -0.1) is 0 Å². The highest BCUT2D eigenvalue weighted by Crippen LogP contribution is 2.29. The lowest BCUT2D eigenvalue weighted by Crippen LogP contribution is -2.27. The molecular weight excluding hydrogens is 498 g/mol. The van der Waals surface area contributed by atoms with Crippen LogP contribution in [0.4, 0.5) is 0 Å². The molecule has 0 aromatic heterocycles. The summed E-state index contributed by atoms with van der Waals surface area (Å²) < 4.78 is 12.6. The van der Waals surface area contributed by atoms with E-state index in [4.69, 9.17) is 9.47 Å². The van der Waals surface area contributed by atoms with Crippen LogP contribution in [0.15, 0.2) is 83.0 Å². The highest BCUT2D eigenvalue weighted by atomic mass is 79.9. The van der Waals surface area contributed by atoms with Crippen molar-refractivity contribution >= 4 is 33.9 Å². The first kappa shape index (κ1) is 23.6. The number of ether oxygens (including phenoxy) is 2. The standard InChI is InChI=1S/C27H24BrNO5/c28-23-7-3-4-8-25(23)34-22-13-9-18(10-14-22)17-24(27(31)32)29-26(30)19-11-15-21(16-12-19)33-20-5-1-2-6-20/h3-4,7-17,20H,1-2,5-6H2,(H,29,30)(H,31,32)/b24-17-. The number of benzene rings is 3. The third kappa shape index (κ3) is 6.26. The van der Waals surface area contributed by atoms with Crippen LogP contribution in [0.25, 0.3) is 6.08 Å². The van der Waals surface area contributed by atoms with Gasteiger partial charge in [0, 0.05) is 5.56 Å². The Kier molecular flexibility index (Phi) is 7.65. The van der Waals surface area contributed by atoms with Crippen molar-refractivity contribution in [3.63, 3.8) is 0 Å². The number of nitrogens with one attached hydrogen (secondary N) is 1. The number of carboxylic acids is 1. The summed E-state index contributed by atoms with van der Waals surface area (Å²) in [4.78, 5) is 24.3. The molecule has 0 atom stereocenters. The Hall–Kier alpha value is -3.58. The molecule has 7 heteroatoms. The van der Waals surface area contributed by atoms with Gasteiger partial charge < -0.3 is 19.9 Å². The third-order valence-electron chi connectivity index (χ3n) is 5.46. The third-order valence-corrected chi connectivity index (χ3v) is 6.11. The topological polar surface area (TPSA) is 84.9 Å². The van der Waals surface area contributed by atoms with E-state index < -0.39 is 11.9 Å². The molecule has 2 N–H and O–H groups in total. The molecule has 4 rings (SSSR count). The quantitative estimate of drug-likeness (QED) is 0.334. The maximum atomic E-state index is 12.6. The first-order valence-electron chi connectivity index (χ1n) is 11.0. The summed E-state index contributed by atoms with van der Waals surface area (Å²) in [7, 11) is 0. The zero-order valence-electron chi connectivity index (χ0n) is 18.4. The van der Waals surface area contributed by atoms with Crippen LogP contribution in [0, 0.1) is 0 Å². The Balaban J connectivity index is 1.41. The molecule has 3 aromatic carbocycles. The van der Waals surface area contributed by atoms with Gasteiger partial charge in [-0.1, -0.05) is 24.3 Å². The second-order valence-electron chi connectivity index (χ2n) is 7.97. The SMILES string of the molecule is O=C(O)/C(=C/c1ccc(Oc2ccccc2Br)cc1)NC(=O)c1ccc(OC2CCCC2)cc1. The van der Waals surface area contributed by atoms with Crippen LogP contribution in [0.1, 0.15) is 41.6 Å². The zero-order chi connectivity index (χ0) is 23.9. The van der Waals surface area contributed by atoms with Gasteiger partial charge in [0.15, 0.2) is 0 Å². The lowest BCUT2D eigenvalue weighted by molar-refractivity contribution is -0.132. The van der Waals surface area contributed by atoms with Gasteiger partial charge in [-0.25, -0.2) is 4.79 Å². The van der Waals surface area contributed by atoms with Crippen molar-refractivity contribution < 1.29 is 24.2 Å². The van der Waals surface area contributed by atoms with Crippen LogP contribution in [-0.2, 0) is 4.79 Å². The van der Waals surface area contributed by atoms with Crippen molar-refractivity contribution in [1.29, 1.82) is 0 Å². The molecule has 1 aliphatic carbocycles. The van der Waals surface area contributed by atoms with Crippen LogP contribution >= 0.6 is 15.9 Å². The fraction of sp³-hybridized carbons (Fsp3) is 0.185. The minimum absolute atomic E-state index is 0.226. The molecule has 0 spiro atoms. The van der Waals surface area contributed by atoms with Crippen molar-refractivity contribution in [3.05, 3.63) is 94.1 Å². The molecule has 0 bridgehead atoms. The number of carboxylic acid groups (broad SMARTS) is 1. The maximum absolute atomic E-state index is 12.6. The summed E-state index contributed by atoms with van der Waals surface area (Å²) >= 11 is 3.44. The highest BCUT2D eigenvalue weighted by molar-refractivity contribution is 9.10. The van der Waals surface area contributed by atoms with E-state index in [0.29, 0.717) is 28.4 Å². The van der Waals surface area contributed by atoms with E-state index >= 15 is 0 Å². The Bertz CT molecular complexity index is 1180. The average Bonchev–Trinajstić information content (AvgIpc) is 3.35. The number of hydrogen-bond donors (Lipinski definition) is 2. The van der Waals surface area contributed by atoms with Gasteiger partial charge in [-0.05, 0) is 102 Å². The summed E-state index contributed by atoms with van der Waals surface area (Å²) in [5, 5.41) is 12.1. The second-order valence-corrected chi connectivity index (χ2v) is 8.82. The summed E-state index contributed by atoms with van der Waals surface area (Å²) in [5.41, 5.74) is 0.733. The first-order valence-corrected chi connectivity index (χ1v) is 11.8. The van der Waals surface area contributed by atoms with E-state index in [0.717, 1.165) is 17.3 Å². The fourth-order valence-corrected chi connectivity index (χ4v) is 4.05. The zero-order valence-corrected chi connectivity index (χ0v) is 20.0. The number of aliphatic carboxylic acids is 1. The minimum Gasteiger partial charge on any atom is -0.490 e. The summed E-state index contributed by atoms with van der Waals surface area (Å²) in [5.74, 6) is 0.245. The van der Waals surface area contributed by atoms with E-state index in [9.17, 15) is 14.7 Å². The number of para-hydroxylation sites is 1. The number of hydrogen-bond acceptors (Lipinski definition) is 4. The molecule has 6 nitrogen and oxygen atoms in total. The molecule has 0 unspecified atom stereocenters. The monoisotopic (exact) mass is 521 g/mol. The lowest BCUT2D eigenvalue weighted by Gasteiger charge is -2.13. The van der Waals surface area contributed by atoms with Gasteiger partial charge in [0.2, 0.25) is 0 Å². The summed E-state index contributed by atoms with van der Waals surface area (Å²) in [6.45, 7) is 0. The van der Waals surface area contributed by atoms with Crippen LogP contribution in [0.5, 0.6) is 17.2 Å². The average molecular weight is 522 g/mol.